The van der Waals surface area contributed by atoms with Gasteiger partial charge in [-0.3, -0.25) is 19.8 Å². The van der Waals surface area contributed by atoms with E-state index in [1.165, 1.54) is 12.4 Å². The largest absolute Gasteiger partial charge is 0.497 e. The van der Waals surface area contributed by atoms with E-state index in [0.29, 0.717) is 17.9 Å². The van der Waals surface area contributed by atoms with Crippen molar-refractivity contribution in [3.8, 4) is 17.6 Å². The lowest BCUT2D eigenvalue weighted by atomic mass is 10.1. The van der Waals surface area contributed by atoms with Crippen molar-refractivity contribution >= 4 is 23.2 Å². The van der Waals surface area contributed by atoms with Gasteiger partial charge in [-0.15, -0.1) is 0 Å². The SMILES string of the molecule is COc1cccc(CNCC(=O)Nc2ccc(C#Cc3ccc(C(C)=N[C@H](C(=O)NO)[C@@H](C)O)cc3)cc2)c1. The van der Waals surface area contributed by atoms with Crippen molar-refractivity contribution in [2.24, 2.45) is 4.99 Å². The highest BCUT2D eigenvalue weighted by Gasteiger charge is 2.22. The Bertz CT molecular complexity index is 1360. The number of carbonyl (C=O) groups excluding carboxylic acids is 2. The van der Waals surface area contributed by atoms with Crippen LogP contribution in [0.5, 0.6) is 5.75 Å². The molecule has 2 atom stereocenters. The van der Waals surface area contributed by atoms with E-state index in [2.05, 4.69) is 27.5 Å². The average Bonchev–Trinajstić information content (AvgIpc) is 2.95. The number of ether oxygens (including phenoxy) is 1. The number of anilines is 1. The molecule has 0 saturated carbocycles. The van der Waals surface area contributed by atoms with Gasteiger partial charge in [-0.1, -0.05) is 36.1 Å². The lowest BCUT2D eigenvalue weighted by Crippen LogP contribution is -2.38. The number of benzene rings is 3. The van der Waals surface area contributed by atoms with E-state index in [1.54, 1.807) is 26.2 Å². The maximum Gasteiger partial charge on any atom is 0.270 e. The maximum absolute atomic E-state index is 12.3. The van der Waals surface area contributed by atoms with Crippen molar-refractivity contribution in [1.29, 1.82) is 0 Å². The normalized spacial score (nSPS) is 12.5. The third kappa shape index (κ3) is 9.09. The second kappa shape index (κ2) is 14.4. The van der Waals surface area contributed by atoms with Crippen LogP contribution in [0.15, 0.2) is 77.8 Å². The standard InChI is InChI=1S/C30H32N4O5/c1-20(32-29(21(2)35)30(37)34-38)25-13-9-22(10-14-25)7-8-23-11-15-26(16-12-23)33-28(36)19-31-18-24-5-4-6-27(17-24)39-3/h4-6,9-17,21,29,31,35,38H,18-19H2,1-3H3,(H,33,36)(H,34,37)/t21-,29+/m1/s1. The highest BCUT2D eigenvalue weighted by Crippen LogP contribution is 2.13. The van der Waals surface area contributed by atoms with Gasteiger partial charge < -0.3 is 20.5 Å². The number of aliphatic hydroxyl groups is 1. The molecule has 0 radical (unpaired) electrons. The van der Waals surface area contributed by atoms with Crippen LogP contribution in [0.3, 0.4) is 0 Å². The second-order valence-electron chi connectivity index (χ2n) is 8.78. The number of methoxy groups -OCH3 is 1. The van der Waals surface area contributed by atoms with Gasteiger partial charge in [0.2, 0.25) is 5.91 Å². The number of carbonyl (C=O) groups is 2. The van der Waals surface area contributed by atoms with Gasteiger partial charge in [0.15, 0.2) is 6.04 Å². The molecule has 0 saturated heterocycles. The molecule has 9 nitrogen and oxygen atoms in total. The highest BCUT2D eigenvalue weighted by molar-refractivity contribution is 6.00. The molecule has 3 aromatic rings. The number of aliphatic imine (C=N–C) groups is 1. The van der Waals surface area contributed by atoms with E-state index in [9.17, 15) is 14.7 Å². The third-order valence-corrected chi connectivity index (χ3v) is 5.74. The zero-order valence-corrected chi connectivity index (χ0v) is 22.1. The molecule has 0 unspecified atom stereocenters. The summed E-state index contributed by atoms with van der Waals surface area (Å²) in [5.74, 6) is 6.03. The fraction of sp³-hybridized carbons (Fsp3) is 0.233. The summed E-state index contributed by atoms with van der Waals surface area (Å²) in [4.78, 5) is 28.2. The molecule has 39 heavy (non-hydrogen) atoms. The predicted octanol–water partition coefficient (Wildman–Crippen LogP) is 2.89. The van der Waals surface area contributed by atoms with Crippen LogP contribution in [0.1, 0.15) is 36.1 Å². The molecular formula is C30H32N4O5. The molecule has 2 amide bonds. The summed E-state index contributed by atoms with van der Waals surface area (Å²) >= 11 is 0. The molecule has 0 aliphatic heterocycles. The minimum atomic E-state index is -1.11. The molecular weight excluding hydrogens is 496 g/mol. The zero-order chi connectivity index (χ0) is 28.2. The molecule has 9 heteroatoms. The van der Waals surface area contributed by atoms with Crippen LogP contribution in [0.4, 0.5) is 5.69 Å². The van der Waals surface area contributed by atoms with Crippen LogP contribution in [-0.2, 0) is 16.1 Å². The summed E-state index contributed by atoms with van der Waals surface area (Å²) in [6.45, 7) is 3.87. The van der Waals surface area contributed by atoms with Crippen molar-refractivity contribution in [3.05, 3.63) is 95.1 Å². The van der Waals surface area contributed by atoms with Gasteiger partial charge in [-0.25, -0.2) is 5.48 Å². The monoisotopic (exact) mass is 528 g/mol. The van der Waals surface area contributed by atoms with Gasteiger partial charge >= 0.3 is 0 Å². The van der Waals surface area contributed by atoms with Crippen LogP contribution >= 0.6 is 0 Å². The highest BCUT2D eigenvalue weighted by atomic mass is 16.5. The van der Waals surface area contributed by atoms with E-state index in [4.69, 9.17) is 9.94 Å². The molecule has 0 aromatic heterocycles. The van der Waals surface area contributed by atoms with Crippen molar-refractivity contribution in [3.63, 3.8) is 0 Å². The first-order valence-corrected chi connectivity index (χ1v) is 12.3. The molecule has 202 valence electrons. The first-order chi connectivity index (χ1) is 18.8. The van der Waals surface area contributed by atoms with Gasteiger partial charge in [0.25, 0.3) is 5.91 Å². The van der Waals surface area contributed by atoms with Crippen molar-refractivity contribution in [2.75, 3.05) is 19.0 Å². The van der Waals surface area contributed by atoms with Gasteiger partial charge in [0.05, 0.1) is 19.8 Å². The van der Waals surface area contributed by atoms with Crippen molar-refractivity contribution in [2.45, 2.75) is 32.5 Å². The Kier molecular flexibility index (Phi) is 10.8. The quantitative estimate of drug-likeness (QED) is 0.119. The van der Waals surface area contributed by atoms with E-state index in [0.717, 1.165) is 28.0 Å². The fourth-order valence-electron chi connectivity index (χ4n) is 3.62. The Balaban J connectivity index is 1.53. The Morgan fingerprint density at radius 2 is 1.64 bits per heavy atom. The van der Waals surface area contributed by atoms with E-state index in [-0.39, 0.29) is 12.5 Å². The molecule has 3 rings (SSSR count). The van der Waals surface area contributed by atoms with Crippen LogP contribution in [0, 0.1) is 11.8 Å². The Labute approximate surface area is 227 Å². The minimum absolute atomic E-state index is 0.146. The number of amides is 2. The molecule has 0 aliphatic carbocycles. The first kappa shape index (κ1) is 29.1. The molecule has 0 heterocycles. The Morgan fingerprint density at radius 3 is 2.23 bits per heavy atom. The maximum atomic E-state index is 12.3. The minimum Gasteiger partial charge on any atom is -0.497 e. The van der Waals surface area contributed by atoms with Gasteiger partial charge in [-0.05, 0) is 73.5 Å². The fourth-order valence-corrected chi connectivity index (χ4v) is 3.62. The van der Waals surface area contributed by atoms with Gasteiger partial charge in [0, 0.05) is 29.1 Å². The third-order valence-electron chi connectivity index (χ3n) is 5.74. The molecule has 0 fully saturated rings. The number of aliphatic hydroxyl groups excluding tert-OH is 1. The lowest BCUT2D eigenvalue weighted by Gasteiger charge is -2.14. The van der Waals surface area contributed by atoms with Crippen molar-refractivity contribution in [1.82, 2.24) is 10.8 Å². The van der Waals surface area contributed by atoms with E-state index in [1.807, 2.05) is 60.7 Å². The number of rotatable bonds is 10. The summed E-state index contributed by atoms with van der Waals surface area (Å²) in [7, 11) is 1.62. The predicted molar refractivity (Wildman–Crippen MR) is 150 cm³/mol. The van der Waals surface area contributed by atoms with Gasteiger partial charge in [-0.2, -0.15) is 0 Å². The second-order valence-corrected chi connectivity index (χ2v) is 8.78. The van der Waals surface area contributed by atoms with Crippen LogP contribution in [0.25, 0.3) is 0 Å². The summed E-state index contributed by atoms with van der Waals surface area (Å²) in [5, 5.41) is 24.6. The molecule has 0 aliphatic rings. The smallest absolute Gasteiger partial charge is 0.270 e. The van der Waals surface area contributed by atoms with Crippen molar-refractivity contribution < 1.29 is 24.6 Å². The average molecular weight is 529 g/mol. The summed E-state index contributed by atoms with van der Waals surface area (Å²) in [5.41, 5.74) is 6.10. The number of hydroxylamine groups is 1. The van der Waals surface area contributed by atoms with E-state index < -0.39 is 18.1 Å². The van der Waals surface area contributed by atoms with Crippen LogP contribution in [-0.4, -0.2) is 53.6 Å². The van der Waals surface area contributed by atoms with E-state index >= 15 is 0 Å². The molecule has 3 aromatic carbocycles. The summed E-state index contributed by atoms with van der Waals surface area (Å²) in [6, 6.07) is 21.1. The lowest BCUT2D eigenvalue weighted by molar-refractivity contribution is -0.132. The molecule has 0 spiro atoms. The zero-order valence-electron chi connectivity index (χ0n) is 22.1. The van der Waals surface area contributed by atoms with Crippen LogP contribution in [0.2, 0.25) is 0 Å². The Hall–Kier alpha value is -4.49. The molecule has 5 N–H and O–H groups in total. The number of hydrogen-bond donors (Lipinski definition) is 5. The first-order valence-electron chi connectivity index (χ1n) is 12.3. The topological polar surface area (TPSA) is 132 Å². The summed E-state index contributed by atoms with van der Waals surface area (Å²) < 4.78 is 5.21. The van der Waals surface area contributed by atoms with Crippen LogP contribution < -0.4 is 20.9 Å². The van der Waals surface area contributed by atoms with Gasteiger partial charge in [0.1, 0.15) is 5.75 Å². The summed E-state index contributed by atoms with van der Waals surface area (Å²) in [6.07, 6.45) is -1.06. The number of hydrogen-bond acceptors (Lipinski definition) is 7. The number of nitrogens with one attached hydrogen (secondary N) is 3. The molecule has 0 bridgehead atoms. The number of nitrogens with zero attached hydrogens (tertiary/aromatic N) is 1. The Morgan fingerprint density at radius 1 is 1.00 bits per heavy atom.